The first-order chi connectivity index (χ1) is 13.6. The van der Waals surface area contributed by atoms with Crippen molar-refractivity contribution in [1.29, 1.82) is 0 Å². The quantitative estimate of drug-likeness (QED) is 0.535. The zero-order valence-corrected chi connectivity index (χ0v) is 15.9. The lowest BCUT2D eigenvalue weighted by atomic mass is 10.2. The predicted octanol–water partition coefficient (Wildman–Crippen LogP) is 2.82. The number of ether oxygens (including phenoxy) is 1. The molecule has 0 atom stereocenters. The highest BCUT2D eigenvalue weighted by Crippen LogP contribution is 2.29. The number of H-pyrrole nitrogens is 1. The zero-order valence-electron chi connectivity index (χ0n) is 15.1. The van der Waals surface area contributed by atoms with E-state index in [1.807, 2.05) is 6.92 Å². The Bertz CT molecular complexity index is 1140. The van der Waals surface area contributed by atoms with Crippen LogP contribution in [0.4, 0.5) is 5.69 Å². The molecule has 142 valence electrons. The lowest BCUT2D eigenvalue weighted by Gasteiger charge is -2.08. The maximum absolute atomic E-state index is 12.7. The maximum Gasteiger partial charge on any atom is 0.258 e. The molecule has 4 aromatic rings. The van der Waals surface area contributed by atoms with Crippen molar-refractivity contribution in [2.24, 2.45) is 0 Å². The van der Waals surface area contributed by atoms with Gasteiger partial charge in [-0.3, -0.25) is 9.89 Å². The normalized spacial score (nSPS) is 11.0. The molecule has 3 heterocycles. The molecule has 0 unspecified atom stereocenters. The number of carbonyl (C=O) groups is 1. The highest BCUT2D eigenvalue weighted by atomic mass is 35.5. The average molecular weight is 398 g/mol. The Morgan fingerprint density at radius 1 is 1.29 bits per heavy atom. The molecule has 0 aliphatic rings. The van der Waals surface area contributed by atoms with E-state index in [1.165, 1.54) is 12.5 Å². The summed E-state index contributed by atoms with van der Waals surface area (Å²) in [6, 6.07) is 7.02. The van der Waals surface area contributed by atoms with Crippen molar-refractivity contribution in [3.8, 4) is 5.75 Å². The molecule has 0 saturated carbocycles. The summed E-state index contributed by atoms with van der Waals surface area (Å²) < 4.78 is 6.78. The van der Waals surface area contributed by atoms with Crippen LogP contribution in [-0.4, -0.2) is 43.0 Å². The number of hydrogen-bond donors (Lipinski definition) is 2. The molecule has 4 rings (SSSR count). The van der Waals surface area contributed by atoms with E-state index in [9.17, 15) is 4.79 Å². The molecule has 0 radical (unpaired) electrons. The van der Waals surface area contributed by atoms with Gasteiger partial charge in [0.2, 0.25) is 0 Å². The first-order valence-electron chi connectivity index (χ1n) is 8.38. The van der Waals surface area contributed by atoms with Gasteiger partial charge in [0.1, 0.15) is 24.4 Å². The zero-order chi connectivity index (χ0) is 19.7. The van der Waals surface area contributed by atoms with Crippen LogP contribution in [0.2, 0.25) is 5.02 Å². The monoisotopic (exact) mass is 397 g/mol. The molecule has 0 saturated heterocycles. The fourth-order valence-electron chi connectivity index (χ4n) is 2.86. The molecular weight excluding hydrogens is 382 g/mol. The summed E-state index contributed by atoms with van der Waals surface area (Å²) in [6.07, 6.45) is 2.87. The van der Waals surface area contributed by atoms with Crippen LogP contribution in [0.3, 0.4) is 0 Å². The molecule has 0 bridgehead atoms. The Morgan fingerprint density at radius 3 is 2.75 bits per heavy atom. The predicted molar refractivity (Wildman–Crippen MR) is 104 cm³/mol. The second-order valence-electron chi connectivity index (χ2n) is 6.04. The fraction of sp³-hybridized carbons (Fsp3) is 0.167. The van der Waals surface area contributed by atoms with Crippen molar-refractivity contribution in [1.82, 2.24) is 29.9 Å². The Kier molecular flexibility index (Phi) is 4.66. The van der Waals surface area contributed by atoms with Crippen LogP contribution in [0.25, 0.3) is 11.0 Å². The van der Waals surface area contributed by atoms with Gasteiger partial charge in [0.25, 0.3) is 5.91 Å². The number of aryl methyl sites for hydroxylation is 1. The SMILES string of the molecule is COc1ccc(NC(=O)c2cnc3c(c(C)nn3Cc3ncn[nH]3)c2Cl)cc1. The lowest BCUT2D eigenvalue weighted by molar-refractivity contribution is 0.102. The Labute approximate surface area is 164 Å². The number of anilines is 1. The third-order valence-corrected chi connectivity index (χ3v) is 4.62. The van der Waals surface area contributed by atoms with Crippen LogP contribution in [0.1, 0.15) is 21.9 Å². The van der Waals surface area contributed by atoms with Gasteiger partial charge in [0.15, 0.2) is 5.65 Å². The Morgan fingerprint density at radius 2 is 2.07 bits per heavy atom. The van der Waals surface area contributed by atoms with Gasteiger partial charge in [-0.15, -0.1) is 0 Å². The van der Waals surface area contributed by atoms with Crippen LogP contribution in [0.15, 0.2) is 36.8 Å². The summed E-state index contributed by atoms with van der Waals surface area (Å²) in [6.45, 7) is 2.18. The number of amides is 1. The summed E-state index contributed by atoms with van der Waals surface area (Å²) in [4.78, 5) is 21.2. The minimum Gasteiger partial charge on any atom is -0.497 e. The van der Waals surface area contributed by atoms with Crippen LogP contribution in [-0.2, 0) is 6.54 Å². The number of fused-ring (bicyclic) bond motifs is 1. The summed E-state index contributed by atoms with van der Waals surface area (Å²) in [7, 11) is 1.58. The molecule has 1 aromatic carbocycles. The van der Waals surface area contributed by atoms with Gasteiger partial charge in [-0.2, -0.15) is 10.2 Å². The molecule has 0 aliphatic carbocycles. The van der Waals surface area contributed by atoms with Crippen LogP contribution >= 0.6 is 11.6 Å². The van der Waals surface area contributed by atoms with Gasteiger partial charge in [-0.25, -0.2) is 14.6 Å². The molecule has 0 aliphatic heterocycles. The molecule has 0 fully saturated rings. The standard InChI is InChI=1S/C18H16ClN7O2/c1-10-15-16(19)13(18(27)23-11-3-5-12(28-2)6-4-11)7-20-17(15)26(25-10)8-14-21-9-22-24-14/h3-7,9H,8H2,1-2H3,(H,23,27)(H,21,22,24). The van der Waals surface area contributed by atoms with Gasteiger partial charge >= 0.3 is 0 Å². The van der Waals surface area contributed by atoms with Crippen LogP contribution in [0, 0.1) is 6.92 Å². The molecule has 1 amide bonds. The Hall–Kier alpha value is -3.46. The van der Waals surface area contributed by atoms with E-state index in [1.54, 1.807) is 36.1 Å². The van der Waals surface area contributed by atoms with Gasteiger partial charge in [0.05, 0.1) is 28.8 Å². The third kappa shape index (κ3) is 3.27. The van der Waals surface area contributed by atoms with Gasteiger partial charge in [-0.1, -0.05) is 11.6 Å². The van der Waals surface area contributed by atoms with E-state index in [0.717, 1.165) is 0 Å². The smallest absolute Gasteiger partial charge is 0.258 e. The van der Waals surface area contributed by atoms with Crippen LogP contribution in [0.5, 0.6) is 5.75 Å². The number of carbonyl (C=O) groups excluding carboxylic acids is 1. The molecule has 0 spiro atoms. The first kappa shape index (κ1) is 17.9. The lowest BCUT2D eigenvalue weighted by Crippen LogP contribution is -2.13. The maximum atomic E-state index is 12.7. The van der Waals surface area contributed by atoms with Crippen molar-refractivity contribution in [2.45, 2.75) is 13.5 Å². The van der Waals surface area contributed by atoms with E-state index in [2.05, 4.69) is 30.6 Å². The van der Waals surface area contributed by atoms with Gasteiger partial charge < -0.3 is 10.1 Å². The number of pyridine rings is 1. The highest BCUT2D eigenvalue weighted by Gasteiger charge is 2.20. The number of aromatic nitrogens is 6. The van der Waals surface area contributed by atoms with Crippen molar-refractivity contribution in [2.75, 3.05) is 12.4 Å². The second-order valence-corrected chi connectivity index (χ2v) is 6.42. The topological polar surface area (TPSA) is 111 Å². The van der Waals surface area contributed by atoms with Crippen molar-refractivity contribution >= 4 is 34.2 Å². The molecule has 28 heavy (non-hydrogen) atoms. The molecule has 9 nitrogen and oxygen atoms in total. The van der Waals surface area contributed by atoms with E-state index in [0.29, 0.717) is 45.6 Å². The van der Waals surface area contributed by atoms with E-state index in [4.69, 9.17) is 16.3 Å². The minimum atomic E-state index is -0.355. The van der Waals surface area contributed by atoms with E-state index in [-0.39, 0.29) is 11.5 Å². The number of nitrogens with zero attached hydrogens (tertiary/aromatic N) is 5. The van der Waals surface area contributed by atoms with Crippen molar-refractivity contribution in [3.63, 3.8) is 0 Å². The number of nitrogens with one attached hydrogen (secondary N) is 2. The number of rotatable bonds is 5. The fourth-order valence-corrected chi connectivity index (χ4v) is 3.22. The first-order valence-corrected chi connectivity index (χ1v) is 8.76. The van der Waals surface area contributed by atoms with E-state index < -0.39 is 0 Å². The average Bonchev–Trinajstić information content (AvgIpc) is 3.31. The van der Waals surface area contributed by atoms with Crippen LogP contribution < -0.4 is 10.1 Å². The summed E-state index contributed by atoms with van der Waals surface area (Å²) in [5, 5.41) is 14.8. The number of benzene rings is 1. The van der Waals surface area contributed by atoms with Gasteiger partial charge in [-0.05, 0) is 31.2 Å². The largest absolute Gasteiger partial charge is 0.497 e. The second kappa shape index (κ2) is 7.28. The Balaban J connectivity index is 1.65. The van der Waals surface area contributed by atoms with Gasteiger partial charge in [0, 0.05) is 11.9 Å². The number of halogens is 1. The third-order valence-electron chi connectivity index (χ3n) is 4.23. The summed E-state index contributed by atoms with van der Waals surface area (Å²) >= 11 is 6.54. The van der Waals surface area contributed by atoms with E-state index >= 15 is 0 Å². The summed E-state index contributed by atoms with van der Waals surface area (Å²) in [5.41, 5.74) is 2.14. The molecule has 10 heteroatoms. The minimum absolute atomic E-state index is 0.271. The number of aromatic amines is 1. The summed E-state index contributed by atoms with van der Waals surface area (Å²) in [5.74, 6) is 0.990. The molecular formula is C18H16ClN7O2. The van der Waals surface area contributed by atoms with Crippen molar-refractivity contribution < 1.29 is 9.53 Å². The molecule has 3 aromatic heterocycles. The van der Waals surface area contributed by atoms with Crippen molar-refractivity contribution in [3.05, 3.63) is 58.9 Å². The number of hydrogen-bond acceptors (Lipinski definition) is 6. The molecule has 2 N–H and O–H groups in total. The highest BCUT2D eigenvalue weighted by molar-refractivity contribution is 6.39. The number of methoxy groups -OCH3 is 1.